The average molecular weight is 551 g/mol. The Morgan fingerprint density at radius 2 is 1.88 bits per heavy atom. The van der Waals surface area contributed by atoms with Gasteiger partial charge in [0, 0.05) is 47.4 Å². The van der Waals surface area contributed by atoms with Gasteiger partial charge in [0.25, 0.3) is 0 Å². The topological polar surface area (TPSA) is 117 Å². The average Bonchev–Trinajstić information content (AvgIpc) is 3.35. The summed E-state index contributed by atoms with van der Waals surface area (Å²) in [5.74, 6) is 0.460. The summed E-state index contributed by atoms with van der Waals surface area (Å²) in [5, 5.41) is 7.55. The number of nitrogens with zero attached hydrogens (tertiary/aromatic N) is 4. The van der Waals surface area contributed by atoms with Gasteiger partial charge in [-0.05, 0) is 24.5 Å². The molecule has 1 atom stereocenters. The molecule has 0 radical (unpaired) electrons. The lowest BCUT2D eigenvalue weighted by atomic mass is 9.70. The molecule has 0 aliphatic heterocycles. The second kappa shape index (κ2) is 10.0. The maximum absolute atomic E-state index is 14.7. The zero-order valence-electron chi connectivity index (χ0n) is 21.8. The molecular formula is C28H25F3N6O3. The Labute approximate surface area is 227 Å². The smallest absolute Gasteiger partial charge is 0.402 e. The Bertz CT molecular complexity index is 1660. The number of aromatic nitrogens is 4. The third kappa shape index (κ3) is 4.61. The van der Waals surface area contributed by atoms with Crippen molar-refractivity contribution in [2.75, 3.05) is 19.5 Å². The minimum Gasteiger partial charge on any atom is -0.497 e. The number of benzene rings is 2. The third-order valence-electron chi connectivity index (χ3n) is 6.90. The molecule has 0 saturated carbocycles. The monoisotopic (exact) mass is 550 g/mol. The number of alkyl halides is 3. The van der Waals surface area contributed by atoms with E-state index in [0.717, 1.165) is 6.08 Å². The summed E-state index contributed by atoms with van der Waals surface area (Å²) >= 11 is 0. The number of halogens is 3. The van der Waals surface area contributed by atoms with Crippen LogP contribution in [0.3, 0.4) is 0 Å². The number of fused-ring (bicyclic) bond motifs is 1. The van der Waals surface area contributed by atoms with Crippen molar-refractivity contribution >= 4 is 23.2 Å². The zero-order valence-corrected chi connectivity index (χ0v) is 21.8. The van der Waals surface area contributed by atoms with Gasteiger partial charge in [0.1, 0.15) is 22.6 Å². The molecule has 1 aliphatic carbocycles. The van der Waals surface area contributed by atoms with E-state index in [1.54, 1.807) is 37.4 Å². The number of anilines is 2. The fraction of sp³-hybridized carbons (Fsp3) is 0.214. The number of hydrogen-bond acceptors (Lipinski definition) is 7. The van der Waals surface area contributed by atoms with Gasteiger partial charge in [-0.2, -0.15) is 18.2 Å². The van der Waals surface area contributed by atoms with Crippen LogP contribution in [-0.2, 0) is 10.2 Å². The van der Waals surface area contributed by atoms with Crippen molar-refractivity contribution in [1.82, 2.24) is 19.6 Å². The van der Waals surface area contributed by atoms with Gasteiger partial charge < -0.3 is 20.5 Å². The minimum atomic E-state index is -4.70. The largest absolute Gasteiger partial charge is 0.497 e. The SMILES string of the molecule is COc1cc(Nc2nc3c(-c4cccc(C5(C(F)(F)F)C=CC=C(C(N)=O)C5)c4C)nccn3n2)cc(OC)c1. The Kier molecular flexibility index (Phi) is 6.70. The van der Waals surface area contributed by atoms with Crippen molar-refractivity contribution in [3.8, 4) is 22.8 Å². The molecular weight excluding hydrogens is 525 g/mol. The summed E-state index contributed by atoms with van der Waals surface area (Å²) < 4.78 is 56.2. The summed E-state index contributed by atoms with van der Waals surface area (Å²) in [7, 11) is 3.07. The van der Waals surface area contributed by atoms with Gasteiger partial charge in [0.2, 0.25) is 11.9 Å². The number of allylic oxidation sites excluding steroid dienone is 3. The predicted molar refractivity (Wildman–Crippen MR) is 143 cm³/mol. The molecule has 40 heavy (non-hydrogen) atoms. The summed E-state index contributed by atoms with van der Waals surface area (Å²) in [6.07, 6.45) is 1.39. The van der Waals surface area contributed by atoms with Gasteiger partial charge in [-0.3, -0.25) is 9.78 Å². The molecule has 206 valence electrons. The van der Waals surface area contributed by atoms with E-state index in [1.807, 2.05) is 0 Å². The second-order valence-electron chi connectivity index (χ2n) is 9.25. The molecule has 5 rings (SSSR count). The minimum absolute atomic E-state index is 0.00857. The van der Waals surface area contributed by atoms with Crippen LogP contribution in [0.1, 0.15) is 17.5 Å². The molecule has 2 aromatic carbocycles. The first-order valence-electron chi connectivity index (χ1n) is 12.1. The van der Waals surface area contributed by atoms with E-state index in [2.05, 4.69) is 20.4 Å². The summed E-state index contributed by atoms with van der Waals surface area (Å²) in [4.78, 5) is 20.9. The van der Waals surface area contributed by atoms with Crippen molar-refractivity contribution in [3.05, 3.63) is 83.7 Å². The van der Waals surface area contributed by atoms with Crippen LogP contribution in [0.25, 0.3) is 16.9 Å². The van der Waals surface area contributed by atoms with E-state index in [1.165, 1.54) is 49.2 Å². The molecule has 0 fully saturated rings. The lowest BCUT2D eigenvalue weighted by Crippen LogP contribution is -2.43. The highest BCUT2D eigenvalue weighted by Gasteiger charge is 2.56. The molecule has 3 N–H and O–H groups in total. The summed E-state index contributed by atoms with van der Waals surface area (Å²) in [6, 6.07) is 9.82. The number of nitrogens with two attached hydrogens (primary N) is 1. The highest BCUT2D eigenvalue weighted by molar-refractivity contribution is 5.93. The van der Waals surface area contributed by atoms with E-state index >= 15 is 0 Å². The first-order chi connectivity index (χ1) is 19.1. The highest BCUT2D eigenvalue weighted by Crippen LogP contribution is 2.50. The molecule has 1 aliphatic rings. The van der Waals surface area contributed by atoms with Crippen LogP contribution in [-0.4, -0.2) is 45.9 Å². The molecule has 0 spiro atoms. The van der Waals surface area contributed by atoms with Crippen LogP contribution >= 0.6 is 0 Å². The molecule has 2 heterocycles. The number of methoxy groups -OCH3 is 2. The van der Waals surface area contributed by atoms with E-state index < -0.39 is 23.9 Å². The van der Waals surface area contributed by atoms with Crippen molar-refractivity contribution in [3.63, 3.8) is 0 Å². The molecule has 4 aromatic rings. The number of amides is 1. The lowest BCUT2D eigenvalue weighted by Gasteiger charge is -2.37. The molecule has 2 aromatic heterocycles. The van der Waals surface area contributed by atoms with E-state index in [9.17, 15) is 18.0 Å². The van der Waals surface area contributed by atoms with Crippen LogP contribution in [0.4, 0.5) is 24.8 Å². The fourth-order valence-electron chi connectivity index (χ4n) is 4.89. The van der Waals surface area contributed by atoms with Gasteiger partial charge in [0.15, 0.2) is 5.65 Å². The number of rotatable bonds is 7. The van der Waals surface area contributed by atoms with Crippen LogP contribution in [0.2, 0.25) is 0 Å². The van der Waals surface area contributed by atoms with Crippen molar-refractivity contribution in [2.45, 2.75) is 24.9 Å². The van der Waals surface area contributed by atoms with Gasteiger partial charge in [-0.1, -0.05) is 36.4 Å². The van der Waals surface area contributed by atoms with E-state index in [0.29, 0.717) is 39.7 Å². The summed E-state index contributed by atoms with van der Waals surface area (Å²) in [6.45, 7) is 1.59. The molecule has 0 bridgehead atoms. The van der Waals surface area contributed by atoms with Gasteiger partial charge >= 0.3 is 6.18 Å². The van der Waals surface area contributed by atoms with Crippen molar-refractivity contribution in [1.29, 1.82) is 0 Å². The van der Waals surface area contributed by atoms with Gasteiger partial charge in [-0.25, -0.2) is 4.52 Å². The second-order valence-corrected chi connectivity index (χ2v) is 9.25. The zero-order chi connectivity index (χ0) is 28.7. The predicted octanol–water partition coefficient (Wildman–Crippen LogP) is 5.03. The number of hydrogen-bond donors (Lipinski definition) is 2. The normalized spacial score (nSPS) is 17.0. The van der Waals surface area contributed by atoms with Gasteiger partial charge in [-0.15, -0.1) is 5.10 Å². The molecule has 0 saturated heterocycles. The maximum atomic E-state index is 14.7. The first-order valence-corrected chi connectivity index (χ1v) is 12.1. The van der Waals surface area contributed by atoms with Crippen LogP contribution in [0.5, 0.6) is 11.5 Å². The quantitative estimate of drug-likeness (QED) is 0.331. The number of nitrogens with one attached hydrogen (secondary N) is 1. The molecule has 1 unspecified atom stereocenters. The van der Waals surface area contributed by atoms with Crippen molar-refractivity contribution in [2.24, 2.45) is 5.73 Å². The Morgan fingerprint density at radius 3 is 2.52 bits per heavy atom. The Hall–Kier alpha value is -4.87. The number of ether oxygens (including phenoxy) is 2. The summed E-state index contributed by atoms with van der Waals surface area (Å²) in [5.41, 5.74) is 4.87. The highest BCUT2D eigenvalue weighted by atomic mass is 19.4. The van der Waals surface area contributed by atoms with Crippen molar-refractivity contribution < 1.29 is 27.4 Å². The molecule has 1 amide bonds. The first kappa shape index (κ1) is 26.7. The van der Waals surface area contributed by atoms with E-state index in [-0.39, 0.29) is 17.1 Å². The maximum Gasteiger partial charge on any atom is 0.402 e. The molecule has 12 heteroatoms. The standard InChI is InChI=1S/C28H25F3N6O3/c1-16-21(7-4-8-22(16)27(28(29,30)31)9-5-6-17(15-27)24(32)38)23-25-35-26(36-37(25)11-10-33-23)34-18-12-19(39-2)14-20(13-18)40-3/h4-14H,15H2,1-3H3,(H2,32,38)(H,34,36). The third-order valence-corrected chi connectivity index (χ3v) is 6.90. The molecule has 9 nitrogen and oxygen atoms in total. The van der Waals surface area contributed by atoms with Crippen LogP contribution in [0.15, 0.2) is 72.6 Å². The van der Waals surface area contributed by atoms with E-state index in [4.69, 9.17) is 15.2 Å². The van der Waals surface area contributed by atoms with Gasteiger partial charge in [0.05, 0.1) is 14.2 Å². The Morgan fingerprint density at radius 1 is 1.15 bits per heavy atom. The van der Waals surface area contributed by atoms with Crippen LogP contribution < -0.4 is 20.5 Å². The lowest BCUT2D eigenvalue weighted by molar-refractivity contribution is -0.176. The number of carbonyl (C=O) groups excluding carboxylic acids is 1. The fourth-order valence-corrected chi connectivity index (χ4v) is 4.89. The number of carbonyl (C=O) groups is 1. The van der Waals surface area contributed by atoms with Crippen LogP contribution in [0, 0.1) is 6.92 Å². The number of primary amides is 1. The Balaban J connectivity index is 1.59.